The van der Waals surface area contributed by atoms with E-state index in [9.17, 15) is 17.6 Å². The second-order valence-corrected chi connectivity index (χ2v) is 8.47. The van der Waals surface area contributed by atoms with Crippen LogP contribution in [-0.4, -0.2) is 42.0 Å². The maximum Gasteiger partial charge on any atom is 0.245 e. The number of piperidine rings is 1. The Kier molecular flexibility index (Phi) is 4.82. The van der Waals surface area contributed by atoms with Gasteiger partial charge in [-0.2, -0.15) is 4.31 Å². The lowest BCUT2D eigenvalue weighted by atomic mass is 9.98. The summed E-state index contributed by atoms with van der Waals surface area (Å²) in [5.41, 5.74) is 0.568. The Hall–Kier alpha value is -2.85. The van der Waals surface area contributed by atoms with Crippen molar-refractivity contribution in [1.82, 2.24) is 14.6 Å². The van der Waals surface area contributed by atoms with Crippen LogP contribution in [0.5, 0.6) is 0 Å². The molecule has 146 valence electrons. The van der Waals surface area contributed by atoms with Crippen LogP contribution in [0.25, 0.3) is 11.0 Å². The molecule has 1 fully saturated rings. The molecule has 0 aliphatic carbocycles. The van der Waals surface area contributed by atoms with Crippen LogP contribution < -0.4 is 5.32 Å². The molecule has 2 heterocycles. The third-order valence-corrected chi connectivity index (χ3v) is 6.65. The van der Waals surface area contributed by atoms with Gasteiger partial charge in [-0.15, -0.1) is 0 Å². The van der Waals surface area contributed by atoms with Crippen molar-refractivity contribution in [3.05, 3.63) is 48.3 Å². The first kappa shape index (κ1) is 18.5. The van der Waals surface area contributed by atoms with Crippen LogP contribution in [0.2, 0.25) is 0 Å². The molecule has 1 aliphatic heterocycles. The number of carbonyl (C=O) groups is 1. The topological polar surface area (TPSA) is 105 Å². The molecule has 1 amide bonds. The number of hydrogen-bond acceptors (Lipinski definition) is 6. The standard InChI is InChI=1S/C18H17FN4O4S/c19-13-6-1-2-7-14(13)20-18(24)12-5-4-10-23(11-12)28(25,26)16-9-3-8-15-17(16)22-27-21-15/h1-3,6-9,12H,4-5,10-11H2,(H,20,24)/t12-/m0/s1. The van der Waals surface area contributed by atoms with Crippen LogP contribution in [0.1, 0.15) is 12.8 Å². The molecular formula is C18H17FN4O4S. The number of halogens is 1. The molecule has 0 spiro atoms. The van der Waals surface area contributed by atoms with Gasteiger partial charge in [-0.05, 0) is 47.4 Å². The summed E-state index contributed by atoms with van der Waals surface area (Å²) in [4.78, 5) is 12.6. The highest BCUT2D eigenvalue weighted by Gasteiger charge is 2.35. The molecule has 4 rings (SSSR count). The van der Waals surface area contributed by atoms with Gasteiger partial charge in [0.15, 0.2) is 5.52 Å². The highest BCUT2D eigenvalue weighted by molar-refractivity contribution is 7.89. The Labute approximate surface area is 160 Å². The Balaban J connectivity index is 1.55. The van der Waals surface area contributed by atoms with Gasteiger partial charge in [0.05, 0.1) is 11.6 Å². The lowest BCUT2D eigenvalue weighted by molar-refractivity contribution is -0.120. The molecule has 2 aromatic carbocycles. The van der Waals surface area contributed by atoms with Crippen molar-refractivity contribution in [2.75, 3.05) is 18.4 Å². The monoisotopic (exact) mass is 404 g/mol. The van der Waals surface area contributed by atoms with Gasteiger partial charge in [0.25, 0.3) is 0 Å². The minimum absolute atomic E-state index is 0.00425. The Morgan fingerprint density at radius 1 is 1.18 bits per heavy atom. The third kappa shape index (κ3) is 3.36. The summed E-state index contributed by atoms with van der Waals surface area (Å²) < 4.78 is 45.9. The second-order valence-electron chi connectivity index (χ2n) is 6.56. The molecule has 1 N–H and O–H groups in total. The van der Waals surface area contributed by atoms with Crippen molar-refractivity contribution in [1.29, 1.82) is 0 Å². The number of aromatic nitrogens is 2. The van der Waals surface area contributed by atoms with E-state index in [2.05, 4.69) is 20.3 Å². The van der Waals surface area contributed by atoms with Crippen molar-refractivity contribution in [3.63, 3.8) is 0 Å². The van der Waals surface area contributed by atoms with Crippen molar-refractivity contribution in [2.24, 2.45) is 5.92 Å². The second kappa shape index (κ2) is 7.28. The maximum absolute atomic E-state index is 13.8. The number of rotatable bonds is 4. The molecule has 1 aromatic heterocycles. The van der Waals surface area contributed by atoms with Gasteiger partial charge >= 0.3 is 0 Å². The van der Waals surface area contributed by atoms with Crippen LogP contribution >= 0.6 is 0 Å². The summed E-state index contributed by atoms with van der Waals surface area (Å²) in [5, 5.41) is 9.90. The van der Waals surface area contributed by atoms with E-state index in [1.165, 1.54) is 28.6 Å². The number of sulfonamides is 1. The van der Waals surface area contributed by atoms with Gasteiger partial charge in [0.1, 0.15) is 16.2 Å². The zero-order valence-corrected chi connectivity index (χ0v) is 15.5. The molecule has 0 saturated carbocycles. The van der Waals surface area contributed by atoms with E-state index < -0.39 is 27.7 Å². The molecule has 0 bridgehead atoms. The largest absolute Gasteiger partial charge is 0.323 e. The zero-order valence-electron chi connectivity index (χ0n) is 14.7. The third-order valence-electron chi connectivity index (χ3n) is 4.75. The van der Waals surface area contributed by atoms with Crippen LogP contribution in [0.4, 0.5) is 10.1 Å². The highest BCUT2D eigenvalue weighted by atomic mass is 32.2. The molecule has 1 saturated heterocycles. The van der Waals surface area contributed by atoms with Gasteiger partial charge in [-0.3, -0.25) is 4.79 Å². The first-order chi connectivity index (χ1) is 13.5. The molecule has 10 heteroatoms. The van der Waals surface area contributed by atoms with Crippen molar-refractivity contribution >= 4 is 32.7 Å². The summed E-state index contributed by atoms with van der Waals surface area (Å²) in [6.45, 7) is 0.289. The van der Waals surface area contributed by atoms with Gasteiger partial charge in [0, 0.05) is 13.1 Å². The number of nitrogens with one attached hydrogen (secondary N) is 1. The highest BCUT2D eigenvalue weighted by Crippen LogP contribution is 2.28. The van der Waals surface area contributed by atoms with E-state index in [-0.39, 0.29) is 29.2 Å². The van der Waals surface area contributed by atoms with E-state index in [4.69, 9.17) is 0 Å². The van der Waals surface area contributed by atoms with Gasteiger partial charge in [-0.25, -0.2) is 17.4 Å². The molecule has 28 heavy (non-hydrogen) atoms. The average molecular weight is 404 g/mol. The molecule has 8 nitrogen and oxygen atoms in total. The number of amides is 1. The van der Waals surface area contributed by atoms with E-state index in [0.717, 1.165) is 0 Å². The number of benzene rings is 2. The first-order valence-electron chi connectivity index (χ1n) is 8.73. The quantitative estimate of drug-likeness (QED) is 0.716. The fourth-order valence-electron chi connectivity index (χ4n) is 3.30. The molecule has 3 aromatic rings. The van der Waals surface area contributed by atoms with Gasteiger partial charge < -0.3 is 5.32 Å². The predicted molar refractivity (Wildman–Crippen MR) is 98.3 cm³/mol. The summed E-state index contributed by atoms with van der Waals surface area (Å²) in [6, 6.07) is 10.5. The number of nitrogens with zero attached hydrogens (tertiary/aromatic N) is 3. The smallest absolute Gasteiger partial charge is 0.245 e. The summed E-state index contributed by atoms with van der Waals surface area (Å²) in [6.07, 6.45) is 1.03. The van der Waals surface area contributed by atoms with Crippen molar-refractivity contribution in [3.8, 4) is 0 Å². The molecule has 1 aliphatic rings. The Bertz CT molecular complexity index is 1130. The normalized spacial score (nSPS) is 18.2. The van der Waals surface area contributed by atoms with E-state index in [1.54, 1.807) is 18.2 Å². The minimum Gasteiger partial charge on any atom is -0.323 e. The number of para-hydroxylation sites is 1. The number of hydrogen-bond donors (Lipinski definition) is 1. The summed E-state index contributed by atoms with van der Waals surface area (Å²) in [5.74, 6) is -1.54. The number of carbonyl (C=O) groups excluding carboxylic acids is 1. The van der Waals surface area contributed by atoms with Crippen molar-refractivity contribution < 1.29 is 22.2 Å². The lowest BCUT2D eigenvalue weighted by Crippen LogP contribution is -2.43. The maximum atomic E-state index is 13.8. The molecular weight excluding hydrogens is 387 g/mol. The van der Waals surface area contributed by atoms with E-state index in [1.807, 2.05) is 0 Å². The zero-order chi connectivity index (χ0) is 19.7. The number of anilines is 1. The first-order valence-corrected chi connectivity index (χ1v) is 10.2. The fourth-order valence-corrected chi connectivity index (χ4v) is 4.96. The van der Waals surface area contributed by atoms with Crippen molar-refractivity contribution in [2.45, 2.75) is 17.7 Å². The molecule has 0 radical (unpaired) electrons. The molecule has 1 atom stereocenters. The van der Waals surface area contributed by atoms with Crippen LogP contribution in [0.15, 0.2) is 52.0 Å². The summed E-state index contributed by atoms with van der Waals surface area (Å²) in [7, 11) is -3.89. The van der Waals surface area contributed by atoms with Gasteiger partial charge in [0.2, 0.25) is 15.9 Å². The Morgan fingerprint density at radius 2 is 2.00 bits per heavy atom. The van der Waals surface area contributed by atoms with Gasteiger partial charge in [-0.1, -0.05) is 18.2 Å². The van der Waals surface area contributed by atoms with Crippen LogP contribution in [0, 0.1) is 11.7 Å². The van der Waals surface area contributed by atoms with E-state index >= 15 is 0 Å². The predicted octanol–water partition coefficient (Wildman–Crippen LogP) is 2.40. The van der Waals surface area contributed by atoms with E-state index in [0.29, 0.717) is 18.4 Å². The average Bonchev–Trinajstić information content (AvgIpc) is 3.18. The minimum atomic E-state index is -3.89. The fraction of sp³-hybridized carbons (Fsp3) is 0.278. The Morgan fingerprint density at radius 3 is 2.82 bits per heavy atom. The van der Waals surface area contributed by atoms with Crippen LogP contribution in [-0.2, 0) is 14.8 Å². The number of fused-ring (bicyclic) bond motifs is 1. The van der Waals surface area contributed by atoms with Crippen LogP contribution in [0.3, 0.4) is 0 Å². The molecule has 0 unspecified atom stereocenters. The summed E-state index contributed by atoms with van der Waals surface area (Å²) >= 11 is 0. The lowest BCUT2D eigenvalue weighted by Gasteiger charge is -2.31. The SMILES string of the molecule is O=C(Nc1ccccc1F)[C@H]1CCCN(S(=O)(=O)c2cccc3nonc23)C1.